The van der Waals surface area contributed by atoms with Crippen LogP contribution in [-0.4, -0.2) is 0 Å². The van der Waals surface area contributed by atoms with Crippen molar-refractivity contribution >= 4 is 0 Å². The maximum atomic E-state index is 2.50. The second kappa shape index (κ2) is 7.96. The van der Waals surface area contributed by atoms with E-state index in [1.54, 1.807) is 5.57 Å². The Morgan fingerprint density at radius 2 is 1.27 bits per heavy atom. The van der Waals surface area contributed by atoms with Crippen LogP contribution in [0.2, 0.25) is 0 Å². The van der Waals surface area contributed by atoms with E-state index in [1.807, 2.05) is 0 Å². The van der Waals surface area contributed by atoms with E-state index in [2.05, 4.69) is 47.6 Å². The minimum atomic E-state index is 0.800. The van der Waals surface area contributed by atoms with Gasteiger partial charge in [0.1, 0.15) is 0 Å². The lowest BCUT2D eigenvalue weighted by Gasteiger charge is -2.13. The molecule has 90 valence electrons. The van der Waals surface area contributed by atoms with Crippen LogP contribution in [0.25, 0.3) is 0 Å². The van der Waals surface area contributed by atoms with Gasteiger partial charge in [-0.05, 0) is 43.4 Å². The molecular weight excluding hydrogens is 180 g/mol. The van der Waals surface area contributed by atoms with Crippen LogP contribution in [0.5, 0.6) is 0 Å². The molecule has 0 spiro atoms. The van der Waals surface area contributed by atoms with Gasteiger partial charge >= 0.3 is 0 Å². The van der Waals surface area contributed by atoms with Gasteiger partial charge in [0, 0.05) is 0 Å². The first kappa shape index (κ1) is 14.7. The van der Waals surface area contributed by atoms with Crippen LogP contribution in [-0.2, 0) is 0 Å². The molecule has 0 aliphatic heterocycles. The zero-order chi connectivity index (χ0) is 11.8. The molecule has 0 bridgehead atoms. The summed E-state index contributed by atoms with van der Waals surface area (Å²) in [4.78, 5) is 0. The predicted octanol–water partition coefficient (Wildman–Crippen LogP) is 5.44. The van der Waals surface area contributed by atoms with Crippen molar-refractivity contribution in [1.82, 2.24) is 0 Å². The summed E-state index contributed by atoms with van der Waals surface area (Å²) in [6.45, 7) is 13.9. The molecule has 0 atom stereocenters. The molecule has 0 aromatic rings. The third kappa shape index (κ3) is 10.0. The number of hydrogen-bond donors (Lipinski definition) is 0. The Kier molecular flexibility index (Phi) is 7.82. The molecule has 0 rings (SSSR count). The fourth-order valence-electron chi connectivity index (χ4n) is 1.92. The molecule has 0 saturated carbocycles. The van der Waals surface area contributed by atoms with Crippen molar-refractivity contribution in [3.8, 4) is 0 Å². The van der Waals surface area contributed by atoms with Gasteiger partial charge in [0.2, 0.25) is 0 Å². The fraction of sp³-hybridized carbons (Fsp3) is 0.867. The highest BCUT2D eigenvalue weighted by Crippen LogP contribution is 2.20. The summed E-state index contributed by atoms with van der Waals surface area (Å²) in [6.07, 6.45) is 7.68. The third-order valence-corrected chi connectivity index (χ3v) is 2.52. The molecule has 0 aromatic heterocycles. The SMILES string of the molecule is CC(C)CCC=C(CC(C)C)CC(C)C. The first-order valence-corrected chi connectivity index (χ1v) is 6.59. The highest BCUT2D eigenvalue weighted by atomic mass is 14.1. The predicted molar refractivity (Wildman–Crippen MR) is 71.1 cm³/mol. The lowest BCUT2D eigenvalue weighted by Crippen LogP contribution is -1.97. The average Bonchev–Trinajstić information content (AvgIpc) is 2.00. The van der Waals surface area contributed by atoms with Crippen molar-refractivity contribution in [2.24, 2.45) is 17.8 Å². The van der Waals surface area contributed by atoms with Gasteiger partial charge in [-0.2, -0.15) is 0 Å². The summed E-state index contributed by atoms with van der Waals surface area (Å²) in [6, 6.07) is 0. The molecular formula is C15H30. The Hall–Kier alpha value is -0.260. The average molecular weight is 210 g/mol. The monoisotopic (exact) mass is 210 g/mol. The van der Waals surface area contributed by atoms with E-state index in [4.69, 9.17) is 0 Å². The maximum absolute atomic E-state index is 2.50. The number of rotatable bonds is 7. The molecule has 0 fully saturated rings. The number of allylic oxidation sites excluding steroid dienone is 2. The largest absolute Gasteiger partial charge is 0.0853 e. The fourth-order valence-corrected chi connectivity index (χ4v) is 1.92. The second-order valence-corrected chi connectivity index (χ2v) is 6.03. The first-order chi connectivity index (χ1) is 6.91. The molecule has 0 unspecified atom stereocenters. The molecule has 0 N–H and O–H groups in total. The third-order valence-electron chi connectivity index (χ3n) is 2.52. The molecule has 0 radical (unpaired) electrons. The lowest BCUT2D eigenvalue weighted by molar-refractivity contribution is 0.558. The minimum absolute atomic E-state index is 0.800. The van der Waals surface area contributed by atoms with E-state index in [9.17, 15) is 0 Å². The van der Waals surface area contributed by atoms with Crippen LogP contribution in [0.3, 0.4) is 0 Å². The standard InChI is InChI=1S/C15H30/c1-12(2)8-7-9-15(10-13(3)4)11-14(5)6/h9,12-14H,7-8,10-11H2,1-6H3. The molecule has 0 heterocycles. The van der Waals surface area contributed by atoms with Crippen LogP contribution in [0.1, 0.15) is 67.2 Å². The molecule has 0 aliphatic carbocycles. The van der Waals surface area contributed by atoms with Crippen LogP contribution in [0.15, 0.2) is 11.6 Å². The number of hydrogen-bond acceptors (Lipinski definition) is 0. The van der Waals surface area contributed by atoms with E-state index in [0.717, 1.165) is 17.8 Å². The van der Waals surface area contributed by atoms with Gasteiger partial charge in [-0.15, -0.1) is 0 Å². The summed E-state index contributed by atoms with van der Waals surface area (Å²) >= 11 is 0. The highest BCUT2D eigenvalue weighted by molar-refractivity contribution is 5.03. The van der Waals surface area contributed by atoms with Crippen molar-refractivity contribution in [3.05, 3.63) is 11.6 Å². The molecule has 15 heavy (non-hydrogen) atoms. The van der Waals surface area contributed by atoms with Crippen molar-refractivity contribution in [3.63, 3.8) is 0 Å². The zero-order valence-electron chi connectivity index (χ0n) is 11.6. The van der Waals surface area contributed by atoms with Gasteiger partial charge in [-0.3, -0.25) is 0 Å². The topological polar surface area (TPSA) is 0 Å². The molecule has 0 heteroatoms. The lowest BCUT2D eigenvalue weighted by atomic mass is 9.93. The minimum Gasteiger partial charge on any atom is -0.0853 e. The molecule has 0 saturated heterocycles. The van der Waals surface area contributed by atoms with Crippen molar-refractivity contribution in [2.45, 2.75) is 67.2 Å². The molecule has 0 nitrogen and oxygen atoms in total. The maximum Gasteiger partial charge on any atom is -0.0297 e. The van der Waals surface area contributed by atoms with Crippen LogP contribution in [0.4, 0.5) is 0 Å². The summed E-state index contributed by atoms with van der Waals surface area (Å²) in [5.41, 5.74) is 1.68. The first-order valence-electron chi connectivity index (χ1n) is 6.59. The van der Waals surface area contributed by atoms with E-state index >= 15 is 0 Å². The van der Waals surface area contributed by atoms with Crippen molar-refractivity contribution in [1.29, 1.82) is 0 Å². The smallest absolute Gasteiger partial charge is 0.0297 e. The Balaban J connectivity index is 4.08. The second-order valence-electron chi connectivity index (χ2n) is 6.03. The molecule has 0 amide bonds. The van der Waals surface area contributed by atoms with Gasteiger partial charge in [-0.1, -0.05) is 53.2 Å². The van der Waals surface area contributed by atoms with Gasteiger partial charge in [0.05, 0.1) is 0 Å². The summed E-state index contributed by atoms with van der Waals surface area (Å²) in [7, 11) is 0. The normalized spacial score (nSPS) is 11.5. The summed E-state index contributed by atoms with van der Waals surface area (Å²) in [5, 5.41) is 0. The van der Waals surface area contributed by atoms with Crippen LogP contribution < -0.4 is 0 Å². The quantitative estimate of drug-likeness (QED) is 0.491. The zero-order valence-corrected chi connectivity index (χ0v) is 11.6. The van der Waals surface area contributed by atoms with E-state index in [-0.39, 0.29) is 0 Å². The highest BCUT2D eigenvalue weighted by Gasteiger charge is 2.04. The Morgan fingerprint density at radius 3 is 1.60 bits per heavy atom. The van der Waals surface area contributed by atoms with Crippen molar-refractivity contribution in [2.75, 3.05) is 0 Å². The van der Waals surface area contributed by atoms with E-state index in [0.29, 0.717) is 0 Å². The van der Waals surface area contributed by atoms with Crippen LogP contribution >= 0.6 is 0 Å². The Morgan fingerprint density at radius 1 is 0.800 bits per heavy atom. The van der Waals surface area contributed by atoms with Crippen molar-refractivity contribution < 1.29 is 0 Å². The molecule has 0 aliphatic rings. The van der Waals surface area contributed by atoms with Gasteiger partial charge in [0.15, 0.2) is 0 Å². The van der Waals surface area contributed by atoms with Gasteiger partial charge in [-0.25, -0.2) is 0 Å². The van der Waals surface area contributed by atoms with E-state index < -0.39 is 0 Å². The van der Waals surface area contributed by atoms with E-state index in [1.165, 1.54) is 25.7 Å². The van der Waals surface area contributed by atoms with Gasteiger partial charge < -0.3 is 0 Å². The summed E-state index contributed by atoms with van der Waals surface area (Å²) in [5.74, 6) is 2.43. The van der Waals surface area contributed by atoms with Gasteiger partial charge in [0.25, 0.3) is 0 Å². The Bertz CT molecular complexity index is 160. The summed E-state index contributed by atoms with van der Waals surface area (Å²) < 4.78 is 0. The van der Waals surface area contributed by atoms with Crippen LogP contribution in [0, 0.1) is 17.8 Å². The molecule has 0 aromatic carbocycles. The Labute approximate surface area is 97.2 Å².